The fourth-order valence-electron chi connectivity index (χ4n) is 1.41. The molecule has 1 heterocycles. The minimum absolute atomic E-state index is 0.222. The van der Waals surface area contributed by atoms with E-state index in [1.165, 1.54) is 12.1 Å². The highest BCUT2D eigenvalue weighted by atomic mass is 16.5. The van der Waals surface area contributed by atoms with Gasteiger partial charge in [-0.3, -0.25) is 0 Å². The standard InChI is InChI=1S/C10H6N2O3/c11-5-6-1-2-7-4-9(10(13)14)12(15)8(7)3-6/h1-4,15H,(H,13,14). The van der Waals surface area contributed by atoms with Crippen molar-refractivity contribution in [3.63, 3.8) is 0 Å². The summed E-state index contributed by atoms with van der Waals surface area (Å²) < 4.78 is 0.568. The first-order valence-corrected chi connectivity index (χ1v) is 4.11. The molecule has 0 atom stereocenters. The largest absolute Gasteiger partial charge is 0.476 e. The van der Waals surface area contributed by atoms with E-state index < -0.39 is 5.97 Å². The molecule has 2 rings (SSSR count). The molecule has 0 aliphatic rings. The molecule has 5 heteroatoms. The maximum absolute atomic E-state index is 10.7. The van der Waals surface area contributed by atoms with Crippen LogP contribution in [-0.4, -0.2) is 21.0 Å². The van der Waals surface area contributed by atoms with Gasteiger partial charge in [0, 0.05) is 5.39 Å². The van der Waals surface area contributed by atoms with Crippen LogP contribution in [0.15, 0.2) is 24.3 Å². The molecule has 0 saturated heterocycles. The molecule has 0 radical (unpaired) electrons. The van der Waals surface area contributed by atoms with Crippen LogP contribution >= 0.6 is 0 Å². The zero-order valence-electron chi connectivity index (χ0n) is 7.51. The van der Waals surface area contributed by atoms with Gasteiger partial charge in [-0.05, 0) is 18.2 Å². The zero-order chi connectivity index (χ0) is 11.0. The second-order valence-electron chi connectivity index (χ2n) is 3.03. The number of aromatic carboxylic acids is 1. The summed E-state index contributed by atoms with van der Waals surface area (Å²) in [7, 11) is 0. The summed E-state index contributed by atoms with van der Waals surface area (Å²) in [5, 5.41) is 27.5. The van der Waals surface area contributed by atoms with Gasteiger partial charge >= 0.3 is 5.97 Å². The topological polar surface area (TPSA) is 86.3 Å². The molecule has 0 saturated carbocycles. The Bertz CT molecular complexity index is 592. The number of fused-ring (bicyclic) bond motifs is 1. The van der Waals surface area contributed by atoms with E-state index in [1.807, 2.05) is 6.07 Å². The first kappa shape index (κ1) is 9.09. The Hall–Kier alpha value is -2.48. The second-order valence-corrected chi connectivity index (χ2v) is 3.03. The van der Waals surface area contributed by atoms with Gasteiger partial charge in [-0.25, -0.2) is 4.79 Å². The van der Waals surface area contributed by atoms with Crippen LogP contribution in [0, 0.1) is 11.3 Å². The van der Waals surface area contributed by atoms with Crippen molar-refractivity contribution >= 4 is 16.9 Å². The minimum atomic E-state index is -1.22. The average Bonchev–Trinajstić information content (AvgIpc) is 2.56. The van der Waals surface area contributed by atoms with Crippen molar-refractivity contribution in [3.05, 3.63) is 35.5 Å². The number of nitrogens with zero attached hydrogens (tertiary/aromatic N) is 2. The normalized spacial score (nSPS) is 10.1. The van der Waals surface area contributed by atoms with Crippen LogP contribution in [0.3, 0.4) is 0 Å². The molecule has 1 aromatic heterocycles. The molecule has 0 bridgehead atoms. The van der Waals surface area contributed by atoms with E-state index in [1.54, 1.807) is 12.1 Å². The summed E-state index contributed by atoms with van der Waals surface area (Å²) in [5.41, 5.74) is 0.458. The van der Waals surface area contributed by atoms with Crippen LogP contribution < -0.4 is 0 Å². The Morgan fingerprint density at radius 1 is 1.40 bits per heavy atom. The van der Waals surface area contributed by atoms with Crippen molar-refractivity contribution in [2.24, 2.45) is 0 Å². The zero-order valence-corrected chi connectivity index (χ0v) is 7.51. The molecular formula is C10H6N2O3. The van der Waals surface area contributed by atoms with E-state index in [2.05, 4.69) is 0 Å². The summed E-state index contributed by atoms with van der Waals surface area (Å²) in [6.07, 6.45) is 0. The Morgan fingerprint density at radius 3 is 2.73 bits per heavy atom. The van der Waals surface area contributed by atoms with Crippen molar-refractivity contribution in [2.75, 3.05) is 0 Å². The van der Waals surface area contributed by atoms with Gasteiger partial charge in [-0.15, -0.1) is 0 Å². The highest BCUT2D eigenvalue weighted by Gasteiger charge is 2.13. The number of hydrogen-bond donors (Lipinski definition) is 2. The van der Waals surface area contributed by atoms with Gasteiger partial charge < -0.3 is 10.3 Å². The van der Waals surface area contributed by atoms with Crippen LogP contribution in [-0.2, 0) is 0 Å². The Labute approximate surface area is 84.4 Å². The van der Waals surface area contributed by atoms with Gasteiger partial charge in [0.2, 0.25) is 0 Å². The van der Waals surface area contributed by atoms with Gasteiger partial charge in [0.25, 0.3) is 0 Å². The highest BCUT2D eigenvalue weighted by Crippen LogP contribution is 2.19. The third-order valence-corrected chi connectivity index (χ3v) is 2.13. The fraction of sp³-hybridized carbons (Fsp3) is 0. The number of nitriles is 1. The van der Waals surface area contributed by atoms with Crippen molar-refractivity contribution in [3.8, 4) is 6.07 Å². The maximum Gasteiger partial charge on any atom is 0.356 e. The minimum Gasteiger partial charge on any atom is -0.476 e. The highest BCUT2D eigenvalue weighted by molar-refractivity contribution is 5.94. The van der Waals surface area contributed by atoms with E-state index in [0.717, 1.165) is 0 Å². The Balaban J connectivity index is 2.79. The lowest BCUT2D eigenvalue weighted by Gasteiger charge is -1.97. The van der Waals surface area contributed by atoms with Crippen molar-refractivity contribution in [2.45, 2.75) is 0 Å². The first-order chi connectivity index (χ1) is 7.13. The molecule has 0 unspecified atom stereocenters. The molecule has 2 N–H and O–H groups in total. The third-order valence-electron chi connectivity index (χ3n) is 2.13. The summed E-state index contributed by atoms with van der Waals surface area (Å²) >= 11 is 0. The fourth-order valence-corrected chi connectivity index (χ4v) is 1.41. The molecule has 1 aromatic carbocycles. The van der Waals surface area contributed by atoms with Gasteiger partial charge in [0.15, 0.2) is 5.69 Å². The van der Waals surface area contributed by atoms with Crippen LogP contribution in [0.25, 0.3) is 10.9 Å². The molecular weight excluding hydrogens is 196 g/mol. The Morgan fingerprint density at radius 2 is 2.13 bits per heavy atom. The molecule has 2 aromatic rings. The van der Waals surface area contributed by atoms with Crippen LogP contribution in [0.5, 0.6) is 0 Å². The average molecular weight is 202 g/mol. The summed E-state index contributed by atoms with van der Waals surface area (Å²) in [4.78, 5) is 10.7. The van der Waals surface area contributed by atoms with Crippen molar-refractivity contribution in [1.82, 2.24) is 4.73 Å². The lowest BCUT2D eigenvalue weighted by molar-refractivity contribution is 0.0649. The predicted octanol–water partition coefficient (Wildman–Crippen LogP) is 1.45. The van der Waals surface area contributed by atoms with Gasteiger partial charge in [0.05, 0.1) is 17.1 Å². The second kappa shape index (κ2) is 3.03. The van der Waals surface area contributed by atoms with Gasteiger partial charge in [-0.1, -0.05) is 6.07 Å². The van der Waals surface area contributed by atoms with Gasteiger partial charge in [-0.2, -0.15) is 9.99 Å². The lowest BCUT2D eigenvalue weighted by Crippen LogP contribution is -2.04. The van der Waals surface area contributed by atoms with Gasteiger partial charge in [0.1, 0.15) is 0 Å². The van der Waals surface area contributed by atoms with Crippen molar-refractivity contribution < 1.29 is 15.1 Å². The number of carboxylic acid groups (broad SMARTS) is 1. The number of aromatic nitrogens is 1. The maximum atomic E-state index is 10.7. The smallest absolute Gasteiger partial charge is 0.356 e. The number of hydrogen-bond acceptors (Lipinski definition) is 3. The van der Waals surface area contributed by atoms with Crippen molar-refractivity contribution in [1.29, 1.82) is 5.26 Å². The molecule has 0 fully saturated rings. The number of carboxylic acids is 1. The van der Waals surface area contributed by atoms with E-state index in [4.69, 9.17) is 10.4 Å². The van der Waals surface area contributed by atoms with E-state index in [9.17, 15) is 10.0 Å². The number of rotatable bonds is 1. The predicted molar refractivity (Wildman–Crippen MR) is 50.8 cm³/mol. The Kier molecular flexibility index (Phi) is 1.83. The molecule has 0 spiro atoms. The monoisotopic (exact) mass is 202 g/mol. The summed E-state index contributed by atoms with van der Waals surface area (Å²) in [6, 6.07) is 7.85. The van der Waals surface area contributed by atoms with E-state index >= 15 is 0 Å². The third kappa shape index (κ3) is 1.28. The number of carbonyl (C=O) groups is 1. The van der Waals surface area contributed by atoms with Crippen LogP contribution in [0.4, 0.5) is 0 Å². The molecule has 0 amide bonds. The summed E-state index contributed by atoms with van der Waals surface area (Å²) in [6.45, 7) is 0. The van der Waals surface area contributed by atoms with E-state index in [-0.39, 0.29) is 5.69 Å². The summed E-state index contributed by atoms with van der Waals surface area (Å²) in [5.74, 6) is -1.22. The van der Waals surface area contributed by atoms with E-state index in [0.29, 0.717) is 21.2 Å². The van der Waals surface area contributed by atoms with Crippen LogP contribution in [0.1, 0.15) is 16.1 Å². The quantitative estimate of drug-likeness (QED) is 0.685. The number of benzene rings is 1. The molecule has 74 valence electrons. The first-order valence-electron chi connectivity index (χ1n) is 4.11. The molecule has 0 aliphatic heterocycles. The molecule has 0 aliphatic carbocycles. The molecule has 5 nitrogen and oxygen atoms in total. The lowest BCUT2D eigenvalue weighted by atomic mass is 10.2. The van der Waals surface area contributed by atoms with Crippen LogP contribution in [0.2, 0.25) is 0 Å². The SMILES string of the molecule is N#Cc1ccc2cc(C(=O)O)n(O)c2c1. The molecule has 15 heavy (non-hydrogen) atoms.